The first-order valence-electron chi connectivity index (χ1n) is 8.42. The highest BCUT2D eigenvalue weighted by molar-refractivity contribution is 5.95. The van der Waals surface area contributed by atoms with E-state index in [1.807, 2.05) is 11.8 Å². The summed E-state index contributed by atoms with van der Waals surface area (Å²) in [6.07, 6.45) is 2.83. The maximum atomic E-state index is 13.0. The van der Waals surface area contributed by atoms with Crippen LogP contribution < -0.4 is 0 Å². The molecule has 0 unspecified atom stereocenters. The summed E-state index contributed by atoms with van der Waals surface area (Å²) in [6.45, 7) is 9.15. The molecule has 0 radical (unpaired) electrons. The summed E-state index contributed by atoms with van der Waals surface area (Å²) in [6, 6.07) is 0.287. The molecule has 1 aromatic heterocycles. The summed E-state index contributed by atoms with van der Waals surface area (Å²) in [5.41, 5.74) is 1.49. The Kier molecular flexibility index (Phi) is 4.64. The van der Waals surface area contributed by atoms with Crippen molar-refractivity contribution in [2.75, 3.05) is 33.3 Å². The second-order valence-corrected chi connectivity index (χ2v) is 6.87. The van der Waals surface area contributed by atoms with E-state index >= 15 is 0 Å². The van der Waals surface area contributed by atoms with Gasteiger partial charge in [0, 0.05) is 25.8 Å². The zero-order valence-electron chi connectivity index (χ0n) is 14.5. The molecule has 2 fully saturated rings. The number of nitrogens with zero attached hydrogens (tertiary/aromatic N) is 4. The van der Waals surface area contributed by atoms with Gasteiger partial charge in [-0.2, -0.15) is 0 Å². The summed E-state index contributed by atoms with van der Waals surface area (Å²) in [7, 11) is 2.11. The lowest BCUT2D eigenvalue weighted by molar-refractivity contribution is -0.0893. The number of rotatable bonds is 2. The molecular formula is C17H26N4O2. The number of carbonyl (C=O) groups is 1. The Bertz CT molecular complexity index is 590. The summed E-state index contributed by atoms with van der Waals surface area (Å²) in [4.78, 5) is 26.0. The summed E-state index contributed by atoms with van der Waals surface area (Å²) in [5, 5.41) is 0. The Morgan fingerprint density at radius 2 is 2.17 bits per heavy atom. The van der Waals surface area contributed by atoms with Gasteiger partial charge in [-0.1, -0.05) is 13.8 Å². The van der Waals surface area contributed by atoms with Crippen molar-refractivity contribution in [2.24, 2.45) is 0 Å². The van der Waals surface area contributed by atoms with Gasteiger partial charge in [0.25, 0.3) is 5.91 Å². The number of hydrogen-bond acceptors (Lipinski definition) is 5. The van der Waals surface area contributed by atoms with E-state index in [4.69, 9.17) is 4.74 Å². The molecule has 2 atom stereocenters. The molecule has 0 spiro atoms. The van der Waals surface area contributed by atoms with E-state index in [0.29, 0.717) is 17.9 Å². The largest absolute Gasteiger partial charge is 0.375 e. The second-order valence-electron chi connectivity index (χ2n) is 6.87. The van der Waals surface area contributed by atoms with E-state index in [1.54, 1.807) is 6.20 Å². The number of carbonyl (C=O) groups excluding carboxylic acids is 1. The van der Waals surface area contributed by atoms with Crippen molar-refractivity contribution in [3.8, 4) is 0 Å². The lowest BCUT2D eigenvalue weighted by atomic mass is 9.97. The molecule has 3 heterocycles. The van der Waals surface area contributed by atoms with E-state index in [1.165, 1.54) is 0 Å². The van der Waals surface area contributed by atoms with Crippen molar-refractivity contribution in [2.45, 2.75) is 45.3 Å². The third kappa shape index (κ3) is 3.23. The second kappa shape index (κ2) is 6.53. The van der Waals surface area contributed by atoms with Crippen molar-refractivity contribution in [3.63, 3.8) is 0 Å². The average Bonchev–Trinajstić information content (AvgIpc) is 2.54. The molecule has 0 saturated carbocycles. The molecule has 3 rings (SSSR count). The van der Waals surface area contributed by atoms with Crippen LogP contribution in [0.1, 0.15) is 48.1 Å². The number of fused-ring (bicyclic) bond motifs is 1. The number of amides is 1. The minimum absolute atomic E-state index is 0.0473. The van der Waals surface area contributed by atoms with Crippen LogP contribution in [-0.2, 0) is 4.74 Å². The van der Waals surface area contributed by atoms with Crippen LogP contribution in [0, 0.1) is 6.92 Å². The number of piperidine rings is 1. The fraction of sp³-hybridized carbons (Fsp3) is 0.706. The minimum atomic E-state index is 0.0473. The van der Waals surface area contributed by atoms with Crippen LogP contribution in [0.5, 0.6) is 0 Å². The van der Waals surface area contributed by atoms with E-state index in [-0.39, 0.29) is 24.0 Å². The number of hydrogen-bond donors (Lipinski definition) is 0. The molecule has 1 amide bonds. The molecule has 126 valence electrons. The van der Waals surface area contributed by atoms with Crippen molar-refractivity contribution in [1.29, 1.82) is 0 Å². The van der Waals surface area contributed by atoms with Crippen LogP contribution in [0.25, 0.3) is 0 Å². The number of likely N-dealkylation sites (tertiary alicyclic amines) is 1. The number of aryl methyl sites for hydroxylation is 1. The van der Waals surface area contributed by atoms with Crippen LogP contribution >= 0.6 is 0 Å². The maximum Gasteiger partial charge on any atom is 0.257 e. The third-order valence-corrected chi connectivity index (χ3v) is 4.87. The fourth-order valence-corrected chi connectivity index (χ4v) is 3.49. The Morgan fingerprint density at radius 1 is 1.39 bits per heavy atom. The lowest BCUT2D eigenvalue weighted by Gasteiger charge is -2.45. The van der Waals surface area contributed by atoms with Gasteiger partial charge in [0.05, 0.1) is 30.0 Å². The van der Waals surface area contributed by atoms with Crippen LogP contribution in [0.2, 0.25) is 0 Å². The highest BCUT2D eigenvalue weighted by Crippen LogP contribution is 2.25. The Hall–Kier alpha value is -1.53. The molecule has 0 aromatic carbocycles. The Balaban J connectivity index is 1.81. The highest BCUT2D eigenvalue weighted by atomic mass is 16.5. The van der Waals surface area contributed by atoms with Gasteiger partial charge >= 0.3 is 0 Å². The minimum Gasteiger partial charge on any atom is -0.375 e. The average molecular weight is 318 g/mol. The number of morpholine rings is 1. The maximum absolute atomic E-state index is 13.0. The molecule has 2 aliphatic rings. The number of likely N-dealkylation sites (N-methyl/N-ethyl adjacent to an activating group) is 1. The molecule has 0 bridgehead atoms. The Labute approximate surface area is 137 Å². The number of ether oxygens (including phenoxy) is 1. The smallest absolute Gasteiger partial charge is 0.257 e. The molecular weight excluding hydrogens is 292 g/mol. The van der Waals surface area contributed by atoms with Crippen LogP contribution in [0.4, 0.5) is 0 Å². The quantitative estimate of drug-likeness (QED) is 0.826. The molecule has 23 heavy (non-hydrogen) atoms. The first-order chi connectivity index (χ1) is 11.0. The first-order valence-corrected chi connectivity index (χ1v) is 8.42. The molecule has 0 aliphatic carbocycles. The fourth-order valence-electron chi connectivity index (χ4n) is 3.49. The van der Waals surface area contributed by atoms with Crippen molar-refractivity contribution in [3.05, 3.63) is 23.3 Å². The SMILES string of the molecule is Cc1ncc(C(=O)N2CC[C@@H]3OCCN(C)[C@@H]3C2)c(C(C)C)n1. The highest BCUT2D eigenvalue weighted by Gasteiger charge is 2.37. The van der Waals surface area contributed by atoms with E-state index in [2.05, 4.69) is 35.8 Å². The van der Waals surface area contributed by atoms with Gasteiger partial charge in [-0.05, 0) is 26.3 Å². The van der Waals surface area contributed by atoms with Crippen molar-refractivity contribution < 1.29 is 9.53 Å². The van der Waals surface area contributed by atoms with E-state index in [0.717, 1.165) is 31.8 Å². The molecule has 6 nitrogen and oxygen atoms in total. The van der Waals surface area contributed by atoms with Gasteiger partial charge in [0.15, 0.2) is 0 Å². The normalized spacial score (nSPS) is 25.5. The number of aromatic nitrogens is 2. The van der Waals surface area contributed by atoms with Gasteiger partial charge < -0.3 is 9.64 Å². The monoisotopic (exact) mass is 318 g/mol. The van der Waals surface area contributed by atoms with Gasteiger partial charge in [-0.3, -0.25) is 9.69 Å². The summed E-state index contributed by atoms with van der Waals surface area (Å²) in [5.74, 6) is 0.962. The van der Waals surface area contributed by atoms with Crippen molar-refractivity contribution >= 4 is 5.91 Å². The summed E-state index contributed by atoms with van der Waals surface area (Å²) >= 11 is 0. The van der Waals surface area contributed by atoms with Crippen molar-refractivity contribution in [1.82, 2.24) is 19.8 Å². The Morgan fingerprint density at radius 3 is 2.91 bits per heavy atom. The van der Waals surface area contributed by atoms with Gasteiger partial charge in [-0.25, -0.2) is 9.97 Å². The molecule has 2 saturated heterocycles. The van der Waals surface area contributed by atoms with Crippen LogP contribution in [0.3, 0.4) is 0 Å². The van der Waals surface area contributed by atoms with Crippen LogP contribution in [-0.4, -0.2) is 71.1 Å². The first kappa shape index (κ1) is 16.3. The summed E-state index contributed by atoms with van der Waals surface area (Å²) < 4.78 is 5.86. The molecule has 1 aromatic rings. The van der Waals surface area contributed by atoms with Gasteiger partial charge in [0.1, 0.15) is 5.82 Å². The topological polar surface area (TPSA) is 58.6 Å². The lowest BCUT2D eigenvalue weighted by Crippen LogP contribution is -2.59. The van der Waals surface area contributed by atoms with E-state index in [9.17, 15) is 4.79 Å². The van der Waals surface area contributed by atoms with Crippen LogP contribution in [0.15, 0.2) is 6.20 Å². The van der Waals surface area contributed by atoms with E-state index < -0.39 is 0 Å². The predicted octanol–water partition coefficient (Wildman–Crippen LogP) is 1.45. The standard InChI is InChI=1S/C17H26N4O2/c1-11(2)16-13(9-18-12(3)19-16)17(22)21-6-5-15-14(10-21)20(4)7-8-23-15/h9,11,14-15H,5-8,10H2,1-4H3/t14-,15+/m1/s1. The van der Waals surface area contributed by atoms with Gasteiger partial charge in [-0.15, -0.1) is 0 Å². The zero-order chi connectivity index (χ0) is 16.6. The van der Waals surface area contributed by atoms with Gasteiger partial charge in [0.2, 0.25) is 0 Å². The molecule has 6 heteroatoms. The predicted molar refractivity (Wildman–Crippen MR) is 87.5 cm³/mol. The zero-order valence-corrected chi connectivity index (χ0v) is 14.5. The molecule has 2 aliphatic heterocycles. The molecule has 0 N–H and O–H groups in total. The third-order valence-electron chi connectivity index (χ3n) is 4.87.